The maximum atomic E-state index is 11.4. The van der Waals surface area contributed by atoms with Gasteiger partial charge < -0.3 is 4.74 Å². The fourth-order valence-corrected chi connectivity index (χ4v) is 3.09. The zero-order valence-electron chi connectivity index (χ0n) is 9.15. The molecular weight excluding hydrogens is 348 g/mol. The molecule has 7 heteroatoms. The van der Waals surface area contributed by atoms with Crippen LogP contribution in [0, 0.1) is 0 Å². The quantitative estimate of drug-likeness (QED) is 0.576. The molecule has 0 saturated carbocycles. The highest BCUT2D eigenvalue weighted by Gasteiger charge is 2.17. The molecule has 1 aromatic rings. The third-order valence-corrected chi connectivity index (χ3v) is 4.45. The molecule has 3 nitrogen and oxygen atoms in total. The molecule has 0 amide bonds. The van der Waals surface area contributed by atoms with Gasteiger partial charge in [-0.3, -0.25) is 0 Å². The predicted octanol–water partition coefficient (Wildman–Crippen LogP) is 3.51. The van der Waals surface area contributed by atoms with E-state index in [1.54, 1.807) is 23.9 Å². The van der Waals surface area contributed by atoms with E-state index < -0.39 is 9.05 Å². The summed E-state index contributed by atoms with van der Waals surface area (Å²) in [7, 11) is 1.56. The Labute approximate surface area is 118 Å². The minimum Gasteiger partial charge on any atom is -0.492 e. The summed E-state index contributed by atoms with van der Waals surface area (Å²) in [4.78, 5) is -0.00214. The van der Waals surface area contributed by atoms with E-state index in [2.05, 4.69) is 15.9 Å². The lowest BCUT2D eigenvalue weighted by Crippen LogP contribution is -2.03. The molecule has 0 aromatic heterocycles. The van der Waals surface area contributed by atoms with Gasteiger partial charge >= 0.3 is 0 Å². The minimum absolute atomic E-state index is 0.00214. The van der Waals surface area contributed by atoms with Crippen molar-refractivity contribution in [2.24, 2.45) is 0 Å². The highest BCUT2D eigenvalue weighted by atomic mass is 79.9. The fraction of sp³-hybridized carbons (Fsp3) is 0.400. The molecule has 0 atom stereocenters. The average Bonchev–Trinajstić information content (AvgIpc) is 2.25. The van der Waals surface area contributed by atoms with E-state index in [0.717, 1.165) is 12.2 Å². The van der Waals surface area contributed by atoms with E-state index in [4.69, 9.17) is 15.4 Å². The number of thioether (sulfide) groups is 1. The predicted molar refractivity (Wildman–Crippen MR) is 75.7 cm³/mol. The zero-order valence-corrected chi connectivity index (χ0v) is 13.1. The van der Waals surface area contributed by atoms with Crippen LogP contribution in [0.4, 0.5) is 0 Å². The first-order valence-electron chi connectivity index (χ1n) is 4.81. The number of benzene rings is 1. The van der Waals surface area contributed by atoms with Crippen LogP contribution in [0.15, 0.2) is 27.6 Å². The van der Waals surface area contributed by atoms with Gasteiger partial charge in [-0.25, -0.2) is 8.42 Å². The second kappa shape index (κ2) is 6.87. The molecule has 0 aliphatic carbocycles. The zero-order chi connectivity index (χ0) is 12.9. The first-order chi connectivity index (χ1) is 7.95. The molecular formula is C10H12BrClO3S2. The molecule has 0 aliphatic heterocycles. The SMILES string of the molecule is CSCCCOc1ccc(Br)cc1S(=O)(=O)Cl. The van der Waals surface area contributed by atoms with Crippen molar-refractivity contribution < 1.29 is 13.2 Å². The van der Waals surface area contributed by atoms with Crippen molar-refractivity contribution in [3.63, 3.8) is 0 Å². The molecule has 96 valence electrons. The maximum Gasteiger partial charge on any atom is 0.265 e. The highest BCUT2D eigenvalue weighted by Crippen LogP contribution is 2.30. The van der Waals surface area contributed by atoms with Crippen LogP contribution in [0.25, 0.3) is 0 Å². The average molecular weight is 360 g/mol. The van der Waals surface area contributed by atoms with Gasteiger partial charge in [-0.15, -0.1) is 0 Å². The van der Waals surface area contributed by atoms with Crippen LogP contribution in [-0.4, -0.2) is 27.0 Å². The van der Waals surface area contributed by atoms with Crippen LogP contribution in [0.2, 0.25) is 0 Å². The largest absolute Gasteiger partial charge is 0.492 e. The van der Waals surface area contributed by atoms with E-state index >= 15 is 0 Å². The van der Waals surface area contributed by atoms with Crippen LogP contribution in [0.3, 0.4) is 0 Å². The molecule has 0 aliphatic rings. The number of ether oxygens (including phenoxy) is 1. The van der Waals surface area contributed by atoms with E-state index in [-0.39, 0.29) is 4.90 Å². The summed E-state index contributed by atoms with van der Waals surface area (Å²) in [5, 5.41) is 0. The Balaban J connectivity index is 2.84. The van der Waals surface area contributed by atoms with Crippen LogP contribution in [0.5, 0.6) is 5.75 Å². The second-order valence-corrected chi connectivity index (χ2v) is 7.66. The van der Waals surface area contributed by atoms with Crippen LogP contribution in [-0.2, 0) is 9.05 Å². The Morgan fingerprint density at radius 3 is 2.76 bits per heavy atom. The third kappa shape index (κ3) is 5.07. The molecule has 1 aromatic carbocycles. The number of hydrogen-bond acceptors (Lipinski definition) is 4. The summed E-state index contributed by atoms with van der Waals surface area (Å²) in [6.07, 6.45) is 2.87. The Bertz CT molecular complexity index is 476. The van der Waals surface area contributed by atoms with Crippen molar-refractivity contribution in [1.29, 1.82) is 0 Å². The first kappa shape index (κ1) is 15.1. The van der Waals surface area contributed by atoms with E-state index in [1.807, 2.05) is 6.26 Å². The lowest BCUT2D eigenvalue weighted by Gasteiger charge is -2.09. The molecule has 0 N–H and O–H groups in total. The van der Waals surface area contributed by atoms with Gasteiger partial charge in [0.05, 0.1) is 6.61 Å². The molecule has 0 spiro atoms. The fourth-order valence-electron chi connectivity index (χ4n) is 1.18. The van der Waals surface area contributed by atoms with Crippen molar-refractivity contribution >= 4 is 47.4 Å². The number of rotatable bonds is 6. The Morgan fingerprint density at radius 2 is 2.18 bits per heavy atom. The summed E-state index contributed by atoms with van der Waals surface area (Å²) in [5.41, 5.74) is 0. The summed E-state index contributed by atoms with van der Waals surface area (Å²) in [6.45, 7) is 0.474. The molecule has 0 unspecified atom stereocenters. The Morgan fingerprint density at radius 1 is 1.47 bits per heavy atom. The van der Waals surface area contributed by atoms with Gasteiger partial charge in [-0.2, -0.15) is 11.8 Å². The Hall–Kier alpha value is 0.0900. The summed E-state index contributed by atoms with van der Waals surface area (Å²) >= 11 is 4.92. The third-order valence-electron chi connectivity index (χ3n) is 1.92. The second-order valence-electron chi connectivity index (χ2n) is 3.22. The van der Waals surface area contributed by atoms with Gasteiger partial charge in [-0.1, -0.05) is 15.9 Å². The van der Waals surface area contributed by atoms with Crippen molar-refractivity contribution in [3.8, 4) is 5.75 Å². The minimum atomic E-state index is -3.79. The number of halogens is 2. The first-order valence-corrected chi connectivity index (χ1v) is 9.30. The van der Waals surface area contributed by atoms with E-state index in [1.165, 1.54) is 6.07 Å². The topological polar surface area (TPSA) is 43.4 Å². The lowest BCUT2D eigenvalue weighted by molar-refractivity contribution is 0.310. The standard InChI is InChI=1S/C10H12BrClO3S2/c1-16-6-2-5-15-9-4-3-8(11)7-10(9)17(12,13)14/h3-4,7H,2,5-6H2,1H3. The van der Waals surface area contributed by atoms with Crippen molar-refractivity contribution in [2.75, 3.05) is 18.6 Å². The monoisotopic (exact) mass is 358 g/mol. The molecule has 1 rings (SSSR count). The van der Waals surface area contributed by atoms with Crippen LogP contribution < -0.4 is 4.74 Å². The smallest absolute Gasteiger partial charge is 0.265 e. The summed E-state index contributed by atoms with van der Waals surface area (Å²) in [6, 6.07) is 4.75. The van der Waals surface area contributed by atoms with Gasteiger partial charge in [-0.05, 0) is 36.6 Å². The normalized spacial score (nSPS) is 11.5. The Kier molecular flexibility index (Phi) is 6.12. The van der Waals surface area contributed by atoms with Crippen molar-refractivity contribution in [3.05, 3.63) is 22.7 Å². The maximum absolute atomic E-state index is 11.4. The van der Waals surface area contributed by atoms with Gasteiger partial charge in [0.2, 0.25) is 0 Å². The van der Waals surface area contributed by atoms with E-state index in [0.29, 0.717) is 16.8 Å². The summed E-state index contributed by atoms with van der Waals surface area (Å²) in [5.74, 6) is 1.27. The van der Waals surface area contributed by atoms with Crippen LogP contribution >= 0.6 is 38.4 Å². The molecule has 0 radical (unpaired) electrons. The molecule has 0 fully saturated rings. The molecule has 0 bridgehead atoms. The molecule has 17 heavy (non-hydrogen) atoms. The van der Waals surface area contributed by atoms with Gasteiger partial charge in [0, 0.05) is 15.2 Å². The molecule has 0 saturated heterocycles. The van der Waals surface area contributed by atoms with Crippen molar-refractivity contribution in [1.82, 2.24) is 0 Å². The highest BCUT2D eigenvalue weighted by molar-refractivity contribution is 9.10. The van der Waals surface area contributed by atoms with Gasteiger partial charge in [0.15, 0.2) is 0 Å². The van der Waals surface area contributed by atoms with Crippen molar-refractivity contribution in [2.45, 2.75) is 11.3 Å². The van der Waals surface area contributed by atoms with Crippen LogP contribution in [0.1, 0.15) is 6.42 Å². The molecule has 0 heterocycles. The van der Waals surface area contributed by atoms with E-state index in [9.17, 15) is 8.42 Å². The van der Waals surface area contributed by atoms with Gasteiger partial charge in [0.1, 0.15) is 10.6 Å². The summed E-state index contributed by atoms with van der Waals surface area (Å²) < 4.78 is 28.8. The number of hydrogen-bond donors (Lipinski definition) is 0. The van der Waals surface area contributed by atoms with Gasteiger partial charge in [0.25, 0.3) is 9.05 Å². The lowest BCUT2D eigenvalue weighted by atomic mass is 10.3.